The molecule has 0 N–H and O–H groups in total. The average Bonchev–Trinajstić information content (AvgIpc) is 2.74. The number of hydrogen-bond donors (Lipinski definition) is 0. The van der Waals surface area contributed by atoms with Crippen LogP contribution in [0, 0.1) is 11.6 Å². The lowest BCUT2D eigenvalue weighted by Crippen LogP contribution is -2.09. The maximum absolute atomic E-state index is 14.0. The van der Waals surface area contributed by atoms with E-state index in [1.54, 1.807) is 0 Å². The van der Waals surface area contributed by atoms with Gasteiger partial charge in [0, 0.05) is 17.2 Å². The van der Waals surface area contributed by atoms with Crippen LogP contribution in [-0.2, 0) is 6.42 Å². The molecule has 0 radical (unpaired) electrons. The highest BCUT2D eigenvalue weighted by molar-refractivity contribution is 6.12. The van der Waals surface area contributed by atoms with Crippen molar-refractivity contribution < 1.29 is 32.5 Å². The van der Waals surface area contributed by atoms with Crippen LogP contribution in [0.15, 0.2) is 35.9 Å². The van der Waals surface area contributed by atoms with Gasteiger partial charge in [0.1, 0.15) is 22.9 Å². The zero-order valence-corrected chi connectivity index (χ0v) is 18.5. The Labute approximate surface area is 180 Å². The van der Waals surface area contributed by atoms with Gasteiger partial charge in [-0.25, -0.2) is 8.78 Å². The molecule has 0 amide bonds. The molecule has 31 heavy (non-hydrogen) atoms. The summed E-state index contributed by atoms with van der Waals surface area (Å²) in [6.07, 6.45) is 4.83. The van der Waals surface area contributed by atoms with Gasteiger partial charge in [-0.3, -0.25) is 4.79 Å². The van der Waals surface area contributed by atoms with E-state index in [1.807, 2.05) is 19.9 Å². The van der Waals surface area contributed by atoms with Gasteiger partial charge in [0.05, 0.1) is 28.4 Å². The van der Waals surface area contributed by atoms with Crippen LogP contribution < -0.4 is 18.9 Å². The van der Waals surface area contributed by atoms with Gasteiger partial charge in [-0.1, -0.05) is 11.6 Å². The summed E-state index contributed by atoms with van der Waals surface area (Å²) in [6, 6.07) is 3.11. The van der Waals surface area contributed by atoms with E-state index >= 15 is 0 Å². The highest BCUT2D eigenvalue weighted by Gasteiger charge is 2.29. The van der Waals surface area contributed by atoms with Gasteiger partial charge in [-0.15, -0.1) is 0 Å². The zero-order chi connectivity index (χ0) is 23.1. The van der Waals surface area contributed by atoms with Gasteiger partial charge in [0.15, 0.2) is 17.3 Å². The average molecular weight is 432 g/mol. The number of rotatable bonds is 9. The van der Waals surface area contributed by atoms with Crippen LogP contribution in [0.25, 0.3) is 6.08 Å². The minimum Gasteiger partial charge on any atom is -0.495 e. The molecule has 0 fully saturated rings. The summed E-state index contributed by atoms with van der Waals surface area (Å²) in [5.41, 5.74) is 1.85. The molecule has 0 spiro atoms. The Bertz CT molecular complexity index is 1020. The summed E-state index contributed by atoms with van der Waals surface area (Å²) in [6.45, 7) is 3.90. The number of ether oxygens (including phenoxy) is 4. The molecule has 2 aromatic rings. The first-order valence-electron chi connectivity index (χ1n) is 9.48. The Morgan fingerprint density at radius 2 is 1.52 bits per heavy atom. The third kappa shape index (κ3) is 5.23. The molecule has 5 nitrogen and oxygen atoms in total. The van der Waals surface area contributed by atoms with Crippen LogP contribution in [0.2, 0.25) is 0 Å². The predicted molar refractivity (Wildman–Crippen MR) is 116 cm³/mol. The second kappa shape index (κ2) is 10.6. The molecular weight excluding hydrogens is 406 g/mol. The number of hydrogen-bond acceptors (Lipinski definition) is 5. The fraction of sp³-hybridized carbons (Fsp3) is 0.292. The van der Waals surface area contributed by atoms with E-state index < -0.39 is 17.4 Å². The normalized spacial score (nSPS) is 10.7. The van der Waals surface area contributed by atoms with E-state index in [2.05, 4.69) is 0 Å². The van der Waals surface area contributed by atoms with Crippen molar-refractivity contribution in [1.82, 2.24) is 0 Å². The molecule has 0 saturated carbocycles. The second-order valence-corrected chi connectivity index (χ2v) is 6.84. The van der Waals surface area contributed by atoms with Crippen LogP contribution >= 0.6 is 0 Å². The third-order valence-electron chi connectivity index (χ3n) is 4.57. The lowest BCUT2D eigenvalue weighted by Gasteiger charge is -2.21. The molecule has 0 bridgehead atoms. The summed E-state index contributed by atoms with van der Waals surface area (Å²) >= 11 is 0. The lowest BCUT2D eigenvalue weighted by molar-refractivity contribution is 0.104. The number of methoxy groups -OCH3 is 4. The molecule has 0 heterocycles. The molecule has 0 saturated heterocycles. The lowest BCUT2D eigenvalue weighted by atomic mass is 9.98. The number of allylic oxidation sites excluding steroid dienone is 3. The summed E-state index contributed by atoms with van der Waals surface area (Å²) in [4.78, 5) is 13.2. The quantitative estimate of drug-likeness (QED) is 0.302. The van der Waals surface area contributed by atoms with Crippen molar-refractivity contribution in [2.75, 3.05) is 28.4 Å². The first-order chi connectivity index (χ1) is 14.8. The minimum absolute atomic E-state index is 0.0675. The van der Waals surface area contributed by atoms with E-state index in [9.17, 15) is 13.6 Å². The molecule has 0 atom stereocenters. The predicted octanol–water partition coefficient (Wildman–Crippen LogP) is 5.40. The second-order valence-electron chi connectivity index (χ2n) is 6.84. The minimum atomic E-state index is -0.778. The summed E-state index contributed by atoms with van der Waals surface area (Å²) in [5.74, 6) is -0.955. The maximum atomic E-state index is 14.0. The third-order valence-corrected chi connectivity index (χ3v) is 4.57. The van der Waals surface area contributed by atoms with E-state index in [0.29, 0.717) is 17.7 Å². The summed E-state index contributed by atoms with van der Waals surface area (Å²) < 4.78 is 49.2. The molecule has 2 rings (SSSR count). The van der Waals surface area contributed by atoms with Crippen molar-refractivity contribution in [3.8, 4) is 23.0 Å². The summed E-state index contributed by atoms with van der Waals surface area (Å²) in [5, 5.41) is 0. The summed E-state index contributed by atoms with van der Waals surface area (Å²) in [7, 11) is 5.76. The van der Waals surface area contributed by atoms with E-state index in [1.165, 1.54) is 46.7 Å². The Kier molecular flexibility index (Phi) is 8.19. The zero-order valence-electron chi connectivity index (χ0n) is 18.5. The van der Waals surface area contributed by atoms with Crippen LogP contribution in [-0.4, -0.2) is 34.2 Å². The molecule has 2 aromatic carbocycles. The molecule has 7 heteroatoms. The van der Waals surface area contributed by atoms with Crippen LogP contribution in [0.4, 0.5) is 8.78 Å². The largest absolute Gasteiger partial charge is 0.495 e. The molecule has 0 unspecified atom stereocenters. The highest BCUT2D eigenvalue weighted by Crippen LogP contribution is 2.49. The van der Waals surface area contributed by atoms with Gasteiger partial charge in [0.2, 0.25) is 5.75 Å². The topological polar surface area (TPSA) is 54.0 Å². The number of carbonyl (C=O) groups excluding carboxylic acids is 1. The van der Waals surface area contributed by atoms with Gasteiger partial charge in [0.25, 0.3) is 0 Å². The Morgan fingerprint density at radius 3 is 2.03 bits per heavy atom. The molecule has 0 aromatic heterocycles. The monoisotopic (exact) mass is 432 g/mol. The smallest absolute Gasteiger partial charge is 0.204 e. The Hall–Kier alpha value is -3.35. The van der Waals surface area contributed by atoms with Gasteiger partial charge < -0.3 is 18.9 Å². The fourth-order valence-electron chi connectivity index (χ4n) is 3.13. The first-order valence-corrected chi connectivity index (χ1v) is 9.48. The number of carbonyl (C=O) groups is 1. The fourth-order valence-corrected chi connectivity index (χ4v) is 3.13. The number of halogens is 2. The van der Waals surface area contributed by atoms with E-state index in [4.69, 9.17) is 18.9 Å². The van der Waals surface area contributed by atoms with Crippen LogP contribution in [0.1, 0.15) is 35.3 Å². The highest BCUT2D eigenvalue weighted by atomic mass is 19.1. The molecular formula is C24H26F2O5. The van der Waals surface area contributed by atoms with Crippen molar-refractivity contribution >= 4 is 11.9 Å². The van der Waals surface area contributed by atoms with Crippen molar-refractivity contribution in [2.45, 2.75) is 20.3 Å². The molecule has 0 aliphatic heterocycles. The first kappa shape index (κ1) is 23.9. The number of benzene rings is 2. The van der Waals surface area contributed by atoms with Crippen LogP contribution in [0.5, 0.6) is 23.0 Å². The molecule has 166 valence electrons. The van der Waals surface area contributed by atoms with E-state index in [-0.39, 0.29) is 28.4 Å². The SMILES string of the molecule is COc1c(CC=C(C)C)c(OC)c(C(=O)C=Cc2ccc(F)cc2F)c(OC)c1OC. The molecule has 0 aliphatic carbocycles. The van der Waals surface area contributed by atoms with Gasteiger partial charge >= 0.3 is 0 Å². The number of ketones is 1. The Morgan fingerprint density at radius 1 is 0.903 bits per heavy atom. The van der Waals surface area contributed by atoms with Crippen molar-refractivity contribution in [1.29, 1.82) is 0 Å². The standard InChI is InChI=1S/C24H26F2O5/c1-14(2)7-11-17-21(28-3)20(23(30-5)24(31-6)22(17)29-4)19(27)12-9-15-8-10-16(25)13-18(15)26/h7-10,12-13H,11H2,1-6H3. The molecule has 0 aliphatic rings. The Balaban J connectivity index is 2.71. The van der Waals surface area contributed by atoms with Gasteiger partial charge in [-0.2, -0.15) is 0 Å². The maximum Gasteiger partial charge on any atom is 0.204 e. The van der Waals surface area contributed by atoms with Crippen molar-refractivity contribution in [2.24, 2.45) is 0 Å². The van der Waals surface area contributed by atoms with Gasteiger partial charge in [-0.05, 0) is 44.6 Å². The van der Waals surface area contributed by atoms with Crippen molar-refractivity contribution in [3.05, 3.63) is 64.2 Å². The van der Waals surface area contributed by atoms with E-state index in [0.717, 1.165) is 17.7 Å². The van der Waals surface area contributed by atoms with Crippen LogP contribution in [0.3, 0.4) is 0 Å². The van der Waals surface area contributed by atoms with Crippen molar-refractivity contribution in [3.63, 3.8) is 0 Å².